The Bertz CT molecular complexity index is 1230. The molecular weight excluding hydrogens is 488 g/mol. The second kappa shape index (κ2) is 11.0. The van der Waals surface area contributed by atoms with Gasteiger partial charge in [0.1, 0.15) is 5.82 Å². The average Bonchev–Trinajstić information content (AvgIpc) is 2.99. The van der Waals surface area contributed by atoms with Gasteiger partial charge in [0.05, 0.1) is 18.9 Å². The Hall–Kier alpha value is -3.66. The highest BCUT2D eigenvalue weighted by molar-refractivity contribution is 5.59. The molecule has 0 N–H and O–H groups in total. The van der Waals surface area contributed by atoms with Crippen LogP contribution >= 0.6 is 0 Å². The van der Waals surface area contributed by atoms with Crippen LogP contribution in [-0.4, -0.2) is 88.6 Å². The van der Waals surface area contributed by atoms with Crippen LogP contribution in [0.3, 0.4) is 0 Å². The van der Waals surface area contributed by atoms with Gasteiger partial charge >= 0.3 is 0 Å². The summed E-state index contributed by atoms with van der Waals surface area (Å²) < 4.78 is 35.9. The largest absolute Gasteiger partial charge is 0.378 e. The standard InChI is InChI=1S/C28H33F2N7O/c29-23-8-4-5-9-24(23)34-12-14-35(15-13-34)26-25(30)27(36-18-20-38-21-19-36)32-28(31-26)37-16-10-33(11-17-37)22-6-2-1-3-7-22/h1-9H,10-21H2. The lowest BCUT2D eigenvalue weighted by molar-refractivity contribution is 0.122. The van der Waals surface area contributed by atoms with Gasteiger partial charge in [0, 0.05) is 71.1 Å². The van der Waals surface area contributed by atoms with Gasteiger partial charge in [-0.2, -0.15) is 14.4 Å². The lowest BCUT2D eigenvalue weighted by Crippen LogP contribution is -2.49. The van der Waals surface area contributed by atoms with Crippen LogP contribution in [0.15, 0.2) is 54.6 Å². The Kier molecular flexibility index (Phi) is 7.13. The van der Waals surface area contributed by atoms with Crippen LogP contribution in [0.4, 0.5) is 37.7 Å². The second-order valence-corrected chi connectivity index (χ2v) is 9.82. The maximum absolute atomic E-state index is 16.0. The summed E-state index contributed by atoms with van der Waals surface area (Å²) in [5.41, 5.74) is 1.79. The number of rotatable bonds is 5. The van der Waals surface area contributed by atoms with E-state index in [2.05, 4.69) is 34.1 Å². The molecule has 10 heteroatoms. The first kappa shape index (κ1) is 24.7. The highest BCUT2D eigenvalue weighted by Crippen LogP contribution is 2.31. The lowest BCUT2D eigenvalue weighted by atomic mass is 10.2. The molecule has 3 aromatic rings. The molecule has 38 heavy (non-hydrogen) atoms. The molecule has 0 radical (unpaired) electrons. The van der Waals surface area contributed by atoms with Crippen LogP contribution in [0.2, 0.25) is 0 Å². The molecule has 8 nitrogen and oxygen atoms in total. The van der Waals surface area contributed by atoms with Crippen molar-refractivity contribution in [2.24, 2.45) is 0 Å². The van der Waals surface area contributed by atoms with E-state index in [1.165, 1.54) is 11.8 Å². The molecule has 3 aliphatic heterocycles. The topological polar surface area (TPSA) is 51.2 Å². The molecule has 6 rings (SSSR count). The predicted molar refractivity (Wildman–Crippen MR) is 147 cm³/mol. The first-order valence-corrected chi connectivity index (χ1v) is 13.4. The Morgan fingerprint density at radius 1 is 0.553 bits per heavy atom. The van der Waals surface area contributed by atoms with E-state index in [9.17, 15) is 4.39 Å². The van der Waals surface area contributed by atoms with Crippen molar-refractivity contribution in [1.82, 2.24) is 9.97 Å². The Labute approximate surface area is 222 Å². The van der Waals surface area contributed by atoms with Crippen LogP contribution in [0.25, 0.3) is 0 Å². The summed E-state index contributed by atoms with van der Waals surface area (Å²) in [4.78, 5) is 20.0. The van der Waals surface area contributed by atoms with Gasteiger partial charge in [-0.1, -0.05) is 30.3 Å². The zero-order valence-corrected chi connectivity index (χ0v) is 21.5. The van der Waals surface area contributed by atoms with Gasteiger partial charge in [0.2, 0.25) is 11.8 Å². The monoisotopic (exact) mass is 521 g/mol. The quantitative estimate of drug-likeness (QED) is 0.508. The number of aromatic nitrogens is 2. The summed E-state index contributed by atoms with van der Waals surface area (Å²) in [6.45, 7) is 7.74. The molecule has 3 aliphatic rings. The molecule has 0 amide bonds. The van der Waals surface area contributed by atoms with E-state index in [0.717, 1.165) is 26.2 Å². The van der Waals surface area contributed by atoms with E-state index in [-0.39, 0.29) is 5.82 Å². The number of morpholine rings is 1. The highest BCUT2D eigenvalue weighted by atomic mass is 19.1. The first-order valence-electron chi connectivity index (χ1n) is 13.4. The van der Waals surface area contributed by atoms with Crippen molar-refractivity contribution in [2.45, 2.75) is 0 Å². The molecule has 200 valence electrons. The van der Waals surface area contributed by atoms with Gasteiger partial charge in [-0.3, -0.25) is 0 Å². The van der Waals surface area contributed by atoms with Gasteiger partial charge in [-0.15, -0.1) is 0 Å². The molecule has 0 bridgehead atoms. The minimum atomic E-state index is -0.391. The number of ether oxygens (including phenoxy) is 1. The molecule has 0 atom stereocenters. The third-order valence-electron chi connectivity index (χ3n) is 7.57. The van der Waals surface area contributed by atoms with Crippen molar-refractivity contribution in [2.75, 3.05) is 103 Å². The number of hydrogen-bond donors (Lipinski definition) is 0. The van der Waals surface area contributed by atoms with Crippen molar-refractivity contribution in [3.63, 3.8) is 0 Å². The summed E-state index contributed by atoms with van der Waals surface area (Å²) in [6.07, 6.45) is 0. The molecule has 2 aromatic carbocycles. The van der Waals surface area contributed by atoms with Crippen molar-refractivity contribution in [3.8, 4) is 0 Å². The highest BCUT2D eigenvalue weighted by Gasteiger charge is 2.29. The van der Waals surface area contributed by atoms with Crippen molar-refractivity contribution >= 4 is 29.0 Å². The van der Waals surface area contributed by atoms with E-state index in [1.54, 1.807) is 12.1 Å². The third kappa shape index (κ3) is 5.05. The fourth-order valence-electron chi connectivity index (χ4n) is 5.42. The van der Waals surface area contributed by atoms with E-state index in [0.29, 0.717) is 75.8 Å². The van der Waals surface area contributed by atoms with E-state index in [1.807, 2.05) is 26.8 Å². The summed E-state index contributed by atoms with van der Waals surface area (Å²) >= 11 is 0. The van der Waals surface area contributed by atoms with Crippen LogP contribution in [-0.2, 0) is 4.74 Å². The number of piperazine rings is 2. The molecule has 4 heterocycles. The van der Waals surface area contributed by atoms with Gasteiger partial charge < -0.3 is 29.2 Å². The van der Waals surface area contributed by atoms with Crippen LogP contribution in [0.1, 0.15) is 0 Å². The summed E-state index contributed by atoms with van der Waals surface area (Å²) in [7, 11) is 0. The molecule has 0 unspecified atom stereocenters. The van der Waals surface area contributed by atoms with Crippen molar-refractivity contribution < 1.29 is 13.5 Å². The average molecular weight is 522 g/mol. The summed E-state index contributed by atoms with van der Waals surface area (Å²) in [6, 6.07) is 17.2. The molecule has 3 fully saturated rings. The van der Waals surface area contributed by atoms with Gasteiger partial charge in [0.25, 0.3) is 0 Å². The third-order valence-corrected chi connectivity index (χ3v) is 7.57. The minimum Gasteiger partial charge on any atom is -0.378 e. The molecule has 0 aliphatic carbocycles. The van der Waals surface area contributed by atoms with E-state index < -0.39 is 5.82 Å². The second-order valence-electron chi connectivity index (χ2n) is 9.82. The Morgan fingerprint density at radius 3 is 1.74 bits per heavy atom. The van der Waals surface area contributed by atoms with E-state index >= 15 is 4.39 Å². The minimum absolute atomic E-state index is 0.235. The van der Waals surface area contributed by atoms with Crippen LogP contribution in [0.5, 0.6) is 0 Å². The number of halogens is 2. The molecule has 3 saturated heterocycles. The number of para-hydroxylation sites is 2. The normalized spacial score (nSPS) is 18.7. The van der Waals surface area contributed by atoms with Gasteiger partial charge in [-0.05, 0) is 24.3 Å². The van der Waals surface area contributed by atoms with Crippen molar-refractivity contribution in [1.29, 1.82) is 0 Å². The Morgan fingerprint density at radius 2 is 1.08 bits per heavy atom. The van der Waals surface area contributed by atoms with Crippen LogP contribution < -0.4 is 24.5 Å². The van der Waals surface area contributed by atoms with Crippen LogP contribution in [0, 0.1) is 11.6 Å². The zero-order valence-electron chi connectivity index (χ0n) is 21.5. The Balaban J connectivity index is 1.24. The summed E-state index contributed by atoms with van der Waals surface area (Å²) in [5.74, 6) is 0.608. The maximum atomic E-state index is 16.0. The SMILES string of the molecule is Fc1ccccc1N1CCN(c2nc(N3CCN(c4ccccc4)CC3)nc(N3CCOCC3)c2F)CC1. The maximum Gasteiger partial charge on any atom is 0.229 e. The van der Waals surface area contributed by atoms with E-state index in [4.69, 9.17) is 14.7 Å². The number of hydrogen-bond acceptors (Lipinski definition) is 8. The number of nitrogens with zero attached hydrogens (tertiary/aromatic N) is 7. The molecule has 1 aromatic heterocycles. The first-order chi connectivity index (χ1) is 18.7. The fourth-order valence-corrected chi connectivity index (χ4v) is 5.42. The molecular formula is C28H33F2N7O. The number of anilines is 5. The molecule has 0 spiro atoms. The van der Waals surface area contributed by atoms with Crippen molar-refractivity contribution in [3.05, 3.63) is 66.2 Å². The smallest absolute Gasteiger partial charge is 0.229 e. The molecule has 0 saturated carbocycles. The summed E-state index contributed by atoms with van der Waals surface area (Å²) in [5, 5.41) is 0. The van der Waals surface area contributed by atoms with Gasteiger partial charge in [0.15, 0.2) is 11.6 Å². The zero-order chi connectivity index (χ0) is 25.9. The predicted octanol–water partition coefficient (Wildman–Crippen LogP) is 3.24. The lowest BCUT2D eigenvalue weighted by Gasteiger charge is -2.39. The number of benzene rings is 2. The fraction of sp³-hybridized carbons (Fsp3) is 0.429. The van der Waals surface area contributed by atoms with Gasteiger partial charge in [-0.25, -0.2) is 4.39 Å².